The fraction of sp³-hybridized carbons (Fsp3) is 0.350. The highest BCUT2D eigenvalue weighted by Crippen LogP contribution is 2.31. The second kappa shape index (κ2) is 10.5. The Hall–Kier alpha value is -1.49. The second-order valence-corrected chi connectivity index (χ2v) is 7.17. The molecular formula is C20H24ClNO2S. The van der Waals surface area contributed by atoms with Crippen LogP contribution in [0.25, 0.3) is 0 Å². The maximum atomic E-state index is 11.5. The van der Waals surface area contributed by atoms with Gasteiger partial charge in [0.25, 0.3) is 0 Å². The van der Waals surface area contributed by atoms with Gasteiger partial charge in [-0.25, -0.2) is 4.79 Å². The van der Waals surface area contributed by atoms with Crippen molar-refractivity contribution in [3.8, 4) is 0 Å². The first kappa shape index (κ1) is 19.8. The van der Waals surface area contributed by atoms with E-state index in [0.29, 0.717) is 5.56 Å². The molecule has 0 aliphatic carbocycles. The summed E-state index contributed by atoms with van der Waals surface area (Å²) in [5.41, 5.74) is 3.00. The van der Waals surface area contributed by atoms with Gasteiger partial charge in [0.05, 0.1) is 17.7 Å². The maximum Gasteiger partial charge on any atom is 0.337 e. The van der Waals surface area contributed by atoms with E-state index in [4.69, 9.17) is 16.3 Å². The van der Waals surface area contributed by atoms with E-state index >= 15 is 0 Å². The van der Waals surface area contributed by atoms with E-state index in [-0.39, 0.29) is 5.97 Å². The molecule has 0 heterocycles. The summed E-state index contributed by atoms with van der Waals surface area (Å²) in [6.45, 7) is 4.20. The first-order chi connectivity index (χ1) is 12.1. The first-order valence-corrected chi connectivity index (χ1v) is 9.79. The Morgan fingerprint density at radius 2 is 1.84 bits per heavy atom. The fourth-order valence-corrected chi connectivity index (χ4v) is 3.60. The summed E-state index contributed by atoms with van der Waals surface area (Å²) in [6.07, 6.45) is 2.15. The predicted molar refractivity (Wildman–Crippen MR) is 106 cm³/mol. The van der Waals surface area contributed by atoms with Crippen molar-refractivity contribution in [2.75, 3.05) is 20.2 Å². The van der Waals surface area contributed by atoms with Crippen LogP contribution >= 0.6 is 23.4 Å². The summed E-state index contributed by atoms with van der Waals surface area (Å²) < 4.78 is 4.72. The van der Waals surface area contributed by atoms with E-state index in [9.17, 15) is 4.79 Å². The van der Waals surface area contributed by atoms with E-state index < -0.39 is 0 Å². The van der Waals surface area contributed by atoms with Crippen LogP contribution in [0.5, 0.6) is 0 Å². The van der Waals surface area contributed by atoms with Crippen molar-refractivity contribution in [3.05, 3.63) is 64.2 Å². The molecule has 0 atom stereocenters. The predicted octanol–water partition coefficient (Wildman–Crippen LogP) is 4.96. The zero-order valence-electron chi connectivity index (χ0n) is 14.7. The number of methoxy groups -OCH3 is 1. The molecule has 134 valence electrons. The third-order valence-corrected chi connectivity index (χ3v) is 5.35. The van der Waals surface area contributed by atoms with Crippen molar-refractivity contribution >= 4 is 29.3 Å². The molecule has 0 spiro atoms. The number of carbonyl (C=O) groups excluding carboxylic acids is 1. The molecule has 0 amide bonds. The molecule has 0 bridgehead atoms. The molecule has 2 aromatic rings. The molecule has 0 aliphatic heterocycles. The number of carbonyl (C=O) groups is 1. The number of halogens is 1. The van der Waals surface area contributed by atoms with Gasteiger partial charge in [-0.2, -0.15) is 0 Å². The van der Waals surface area contributed by atoms with E-state index in [1.165, 1.54) is 12.7 Å². The number of benzene rings is 2. The number of hydrogen-bond acceptors (Lipinski definition) is 4. The lowest BCUT2D eigenvalue weighted by atomic mass is 10.1. The lowest BCUT2D eigenvalue weighted by Crippen LogP contribution is -2.17. The molecular weight excluding hydrogens is 354 g/mol. The van der Waals surface area contributed by atoms with Crippen LogP contribution in [0.1, 0.15) is 34.8 Å². The quantitative estimate of drug-likeness (QED) is 0.380. The summed E-state index contributed by atoms with van der Waals surface area (Å²) in [5, 5.41) is 4.20. The maximum absolute atomic E-state index is 11.5. The molecule has 2 aromatic carbocycles. The number of rotatable bonds is 9. The zero-order valence-corrected chi connectivity index (χ0v) is 16.3. The Kier molecular flexibility index (Phi) is 8.32. The largest absolute Gasteiger partial charge is 0.465 e. The van der Waals surface area contributed by atoms with Crippen LogP contribution in [-0.4, -0.2) is 26.2 Å². The topological polar surface area (TPSA) is 38.3 Å². The van der Waals surface area contributed by atoms with Gasteiger partial charge in [0.1, 0.15) is 0 Å². The molecule has 0 unspecified atom stereocenters. The average Bonchev–Trinajstić information content (AvgIpc) is 2.65. The van der Waals surface area contributed by atoms with Crippen molar-refractivity contribution < 1.29 is 9.53 Å². The van der Waals surface area contributed by atoms with Crippen molar-refractivity contribution in [2.24, 2.45) is 0 Å². The summed E-state index contributed by atoms with van der Waals surface area (Å²) in [6, 6.07) is 13.7. The van der Waals surface area contributed by atoms with E-state index in [0.717, 1.165) is 47.2 Å². The smallest absolute Gasteiger partial charge is 0.337 e. The lowest BCUT2D eigenvalue weighted by molar-refractivity contribution is 0.0600. The van der Waals surface area contributed by atoms with Crippen LogP contribution in [0, 0.1) is 0 Å². The third-order valence-electron chi connectivity index (χ3n) is 3.78. The Morgan fingerprint density at radius 3 is 2.52 bits per heavy atom. The monoisotopic (exact) mass is 377 g/mol. The molecule has 0 fully saturated rings. The van der Waals surface area contributed by atoms with Gasteiger partial charge >= 0.3 is 5.97 Å². The van der Waals surface area contributed by atoms with E-state index in [1.54, 1.807) is 23.9 Å². The molecule has 0 saturated carbocycles. The third kappa shape index (κ3) is 6.38. The summed E-state index contributed by atoms with van der Waals surface area (Å²) in [5.74, 6) is 0.491. The average molecular weight is 378 g/mol. The Balaban J connectivity index is 1.94. The molecule has 0 aromatic heterocycles. The normalized spacial score (nSPS) is 10.7. The number of hydrogen-bond donors (Lipinski definition) is 1. The summed E-state index contributed by atoms with van der Waals surface area (Å²) in [4.78, 5) is 12.6. The molecule has 0 radical (unpaired) electrons. The molecule has 1 N–H and O–H groups in total. The van der Waals surface area contributed by atoms with Crippen LogP contribution in [-0.2, 0) is 16.9 Å². The lowest BCUT2D eigenvalue weighted by Gasteiger charge is -2.09. The minimum atomic E-state index is -0.313. The van der Waals surface area contributed by atoms with Crippen LogP contribution in [0.2, 0.25) is 5.02 Å². The summed E-state index contributed by atoms with van der Waals surface area (Å²) in [7, 11) is 1.39. The van der Waals surface area contributed by atoms with E-state index in [1.807, 2.05) is 18.2 Å². The van der Waals surface area contributed by atoms with Crippen molar-refractivity contribution in [1.29, 1.82) is 0 Å². The van der Waals surface area contributed by atoms with Crippen LogP contribution < -0.4 is 5.32 Å². The van der Waals surface area contributed by atoms with E-state index in [2.05, 4.69) is 24.4 Å². The van der Waals surface area contributed by atoms with Crippen LogP contribution in [0.4, 0.5) is 0 Å². The molecule has 25 heavy (non-hydrogen) atoms. The standard InChI is InChI=1S/C20H24ClNO2S/c1-3-11-22-12-10-15-6-9-18(21)19(13-15)25-14-16-4-7-17(8-5-16)20(23)24-2/h4-9,13,22H,3,10-12,14H2,1-2H3. The molecule has 3 nitrogen and oxygen atoms in total. The van der Waals surface area contributed by atoms with Gasteiger partial charge in [-0.1, -0.05) is 36.7 Å². The molecule has 2 rings (SSSR count). The Morgan fingerprint density at radius 1 is 1.12 bits per heavy atom. The van der Waals surface area contributed by atoms with Crippen molar-refractivity contribution in [1.82, 2.24) is 5.32 Å². The van der Waals surface area contributed by atoms with Gasteiger partial charge in [0, 0.05) is 10.6 Å². The van der Waals surface area contributed by atoms with Gasteiger partial charge in [-0.3, -0.25) is 0 Å². The highest BCUT2D eigenvalue weighted by molar-refractivity contribution is 7.98. The van der Waals surface area contributed by atoms with Gasteiger partial charge in [0.15, 0.2) is 0 Å². The number of thioether (sulfide) groups is 1. The highest BCUT2D eigenvalue weighted by Gasteiger charge is 2.07. The van der Waals surface area contributed by atoms with Crippen LogP contribution in [0.15, 0.2) is 47.4 Å². The van der Waals surface area contributed by atoms with Gasteiger partial charge in [0.2, 0.25) is 0 Å². The summed E-state index contributed by atoms with van der Waals surface area (Å²) >= 11 is 8.04. The Bertz CT molecular complexity index is 689. The van der Waals surface area contributed by atoms with Gasteiger partial charge < -0.3 is 10.1 Å². The molecule has 5 heteroatoms. The van der Waals surface area contributed by atoms with Crippen molar-refractivity contribution in [3.63, 3.8) is 0 Å². The minimum absolute atomic E-state index is 0.313. The van der Waals surface area contributed by atoms with Gasteiger partial charge in [-0.05, 0) is 61.3 Å². The highest BCUT2D eigenvalue weighted by atomic mass is 35.5. The number of nitrogens with one attached hydrogen (secondary N) is 1. The van der Waals surface area contributed by atoms with Gasteiger partial charge in [-0.15, -0.1) is 11.8 Å². The van der Waals surface area contributed by atoms with Crippen molar-refractivity contribution in [2.45, 2.75) is 30.4 Å². The molecule has 0 saturated heterocycles. The Labute approximate surface area is 159 Å². The first-order valence-electron chi connectivity index (χ1n) is 8.43. The van der Waals surface area contributed by atoms with Crippen LogP contribution in [0.3, 0.4) is 0 Å². The number of ether oxygens (including phenoxy) is 1. The zero-order chi connectivity index (χ0) is 18.1. The number of esters is 1. The second-order valence-electron chi connectivity index (χ2n) is 5.74. The SMILES string of the molecule is CCCNCCc1ccc(Cl)c(SCc2ccc(C(=O)OC)cc2)c1. The fourth-order valence-electron chi connectivity index (χ4n) is 2.36. The molecule has 0 aliphatic rings. The minimum Gasteiger partial charge on any atom is -0.465 e.